The molecule has 36 heavy (non-hydrogen) atoms. The summed E-state index contributed by atoms with van der Waals surface area (Å²) in [4.78, 5) is 27.8. The molecule has 1 aliphatic heterocycles. The summed E-state index contributed by atoms with van der Waals surface area (Å²) in [5.74, 6) is -2.09. The number of Topliss-reactive ketones (excluding diaryl/α,β-unsaturated/α-hetero) is 1. The van der Waals surface area contributed by atoms with Crippen molar-refractivity contribution >= 4 is 46.3 Å². The maximum Gasteiger partial charge on any atom is 0.300 e. The third-order valence-corrected chi connectivity index (χ3v) is 6.36. The molecule has 3 aromatic rings. The number of nitrogens with zero attached hydrogens (tertiary/aromatic N) is 1. The summed E-state index contributed by atoms with van der Waals surface area (Å²) in [5.41, 5.74) is 0.484. The summed E-state index contributed by atoms with van der Waals surface area (Å²) in [7, 11) is 4.23. The number of benzene rings is 3. The van der Waals surface area contributed by atoms with Gasteiger partial charge in [-0.3, -0.25) is 14.5 Å². The molecule has 0 aromatic heterocycles. The van der Waals surface area contributed by atoms with Crippen LogP contribution in [-0.2, 0) is 9.59 Å². The minimum Gasteiger partial charge on any atom is -0.507 e. The number of carbonyl (C=O) groups is 2. The maximum atomic E-state index is 13.7. The molecular formula is C26H20Cl2FNO6. The Bertz CT molecular complexity index is 1390. The van der Waals surface area contributed by atoms with E-state index in [9.17, 15) is 19.1 Å². The molecule has 1 unspecified atom stereocenters. The average Bonchev–Trinajstić information content (AvgIpc) is 3.14. The second-order valence-corrected chi connectivity index (χ2v) is 8.54. The molecule has 1 aliphatic rings. The van der Waals surface area contributed by atoms with Gasteiger partial charge in [0.05, 0.1) is 48.6 Å². The third kappa shape index (κ3) is 4.34. The second-order valence-electron chi connectivity index (χ2n) is 7.73. The summed E-state index contributed by atoms with van der Waals surface area (Å²) in [6.07, 6.45) is 0. The van der Waals surface area contributed by atoms with E-state index in [0.717, 1.165) is 0 Å². The van der Waals surface area contributed by atoms with Gasteiger partial charge in [0.1, 0.15) is 28.8 Å². The zero-order valence-corrected chi connectivity index (χ0v) is 20.9. The number of amides is 1. The number of anilines is 1. The highest BCUT2D eigenvalue weighted by molar-refractivity contribution is 6.52. The Hall–Kier alpha value is -3.75. The number of aliphatic hydroxyl groups is 1. The highest BCUT2D eigenvalue weighted by atomic mass is 35.5. The number of methoxy groups -OCH3 is 3. The van der Waals surface area contributed by atoms with Crippen LogP contribution in [0.2, 0.25) is 10.0 Å². The molecule has 4 rings (SSSR count). The molecular weight excluding hydrogens is 512 g/mol. The van der Waals surface area contributed by atoms with E-state index in [0.29, 0.717) is 11.3 Å². The zero-order chi connectivity index (χ0) is 26.1. The SMILES string of the molecule is COc1ccc(N2C(=O)C(=O)/C(=C(/O)c3cc(Cl)c(OC)cc3OC)C2c2ccc(F)cc2)cc1Cl. The van der Waals surface area contributed by atoms with Gasteiger partial charge >= 0.3 is 0 Å². The number of rotatable bonds is 6. The normalized spacial score (nSPS) is 16.8. The van der Waals surface area contributed by atoms with Crippen LogP contribution in [0.15, 0.2) is 60.2 Å². The molecule has 1 saturated heterocycles. The standard InChI is InChI=1S/C26H20Cl2FNO6/c1-34-19-9-8-15(10-17(19)27)30-23(13-4-6-14(29)7-5-13)22(25(32)26(30)33)24(31)16-11-18(28)21(36-3)12-20(16)35-2/h4-12,23,31H,1-3H3/b24-22+. The zero-order valence-electron chi connectivity index (χ0n) is 19.3. The second kappa shape index (κ2) is 10.1. The van der Waals surface area contributed by atoms with Gasteiger partial charge in [-0.1, -0.05) is 35.3 Å². The van der Waals surface area contributed by atoms with E-state index in [2.05, 4.69) is 0 Å². The van der Waals surface area contributed by atoms with Gasteiger partial charge in [0.2, 0.25) is 0 Å². The van der Waals surface area contributed by atoms with Crippen molar-refractivity contribution in [2.24, 2.45) is 0 Å². The topological polar surface area (TPSA) is 85.3 Å². The monoisotopic (exact) mass is 531 g/mol. The molecule has 0 radical (unpaired) electrons. The highest BCUT2D eigenvalue weighted by Crippen LogP contribution is 2.45. The Morgan fingerprint density at radius 2 is 1.47 bits per heavy atom. The fourth-order valence-corrected chi connectivity index (χ4v) is 4.55. The van der Waals surface area contributed by atoms with Gasteiger partial charge in [-0.15, -0.1) is 0 Å². The van der Waals surface area contributed by atoms with Gasteiger partial charge in [0.25, 0.3) is 11.7 Å². The summed E-state index contributed by atoms with van der Waals surface area (Å²) >= 11 is 12.6. The Morgan fingerprint density at radius 3 is 2.06 bits per heavy atom. The maximum absolute atomic E-state index is 13.7. The van der Waals surface area contributed by atoms with Gasteiger partial charge in [-0.25, -0.2) is 4.39 Å². The van der Waals surface area contributed by atoms with Crippen molar-refractivity contribution in [3.8, 4) is 17.2 Å². The smallest absolute Gasteiger partial charge is 0.300 e. The van der Waals surface area contributed by atoms with Crippen LogP contribution in [0, 0.1) is 5.82 Å². The summed E-state index contributed by atoms with van der Waals surface area (Å²) < 4.78 is 29.5. The van der Waals surface area contributed by atoms with E-state index in [4.69, 9.17) is 37.4 Å². The van der Waals surface area contributed by atoms with Crippen molar-refractivity contribution in [2.75, 3.05) is 26.2 Å². The van der Waals surface area contributed by atoms with Crippen LogP contribution in [0.1, 0.15) is 17.2 Å². The molecule has 3 aromatic carbocycles. The first-order valence-electron chi connectivity index (χ1n) is 10.5. The quantitative estimate of drug-likeness (QED) is 0.246. The minimum atomic E-state index is -1.11. The lowest BCUT2D eigenvalue weighted by Crippen LogP contribution is -2.29. The van der Waals surface area contributed by atoms with E-state index in [1.807, 2.05) is 0 Å². The number of hydrogen-bond acceptors (Lipinski definition) is 6. The Kier molecular flexibility index (Phi) is 7.10. The number of carbonyl (C=O) groups excluding carboxylic acids is 2. The number of ether oxygens (including phenoxy) is 3. The van der Waals surface area contributed by atoms with E-state index >= 15 is 0 Å². The van der Waals surface area contributed by atoms with Gasteiger partial charge in [-0.05, 0) is 42.0 Å². The van der Waals surface area contributed by atoms with E-state index in [-0.39, 0.29) is 38.4 Å². The van der Waals surface area contributed by atoms with Gasteiger partial charge in [0.15, 0.2) is 0 Å². The van der Waals surface area contributed by atoms with Crippen LogP contribution >= 0.6 is 23.2 Å². The largest absolute Gasteiger partial charge is 0.507 e. The average molecular weight is 532 g/mol. The first-order valence-corrected chi connectivity index (χ1v) is 11.3. The van der Waals surface area contributed by atoms with E-state index < -0.39 is 29.3 Å². The predicted octanol–water partition coefficient (Wildman–Crippen LogP) is 5.78. The third-order valence-electron chi connectivity index (χ3n) is 5.77. The fourth-order valence-electron chi connectivity index (χ4n) is 4.05. The number of aliphatic hydroxyl groups excluding tert-OH is 1. The highest BCUT2D eigenvalue weighted by Gasteiger charge is 2.47. The van der Waals surface area contributed by atoms with Crippen molar-refractivity contribution in [2.45, 2.75) is 6.04 Å². The van der Waals surface area contributed by atoms with Crippen LogP contribution in [0.25, 0.3) is 5.76 Å². The molecule has 0 bridgehead atoms. The lowest BCUT2D eigenvalue weighted by Gasteiger charge is -2.26. The molecule has 1 N–H and O–H groups in total. The summed E-state index contributed by atoms with van der Waals surface area (Å²) in [6, 6.07) is 11.5. The van der Waals surface area contributed by atoms with Crippen molar-refractivity contribution < 1.29 is 33.3 Å². The van der Waals surface area contributed by atoms with Crippen molar-refractivity contribution in [3.05, 3.63) is 87.2 Å². The molecule has 1 heterocycles. The molecule has 10 heteroatoms. The minimum absolute atomic E-state index is 0.0705. The number of ketones is 1. The first kappa shape index (κ1) is 25.3. The van der Waals surface area contributed by atoms with Gasteiger partial charge in [0, 0.05) is 11.8 Å². The molecule has 1 atom stereocenters. The molecule has 1 amide bonds. The predicted molar refractivity (Wildman–Crippen MR) is 134 cm³/mol. The van der Waals surface area contributed by atoms with Crippen LogP contribution in [-0.4, -0.2) is 38.1 Å². The van der Waals surface area contributed by atoms with Gasteiger partial charge in [-0.2, -0.15) is 0 Å². The Labute approximate surface area is 216 Å². The fraction of sp³-hybridized carbons (Fsp3) is 0.154. The van der Waals surface area contributed by atoms with E-state index in [1.54, 1.807) is 12.1 Å². The number of hydrogen-bond donors (Lipinski definition) is 1. The van der Waals surface area contributed by atoms with Gasteiger partial charge < -0.3 is 19.3 Å². The lowest BCUT2D eigenvalue weighted by molar-refractivity contribution is -0.132. The molecule has 0 saturated carbocycles. The van der Waals surface area contributed by atoms with Crippen molar-refractivity contribution in [3.63, 3.8) is 0 Å². The van der Waals surface area contributed by atoms with Crippen molar-refractivity contribution in [1.82, 2.24) is 0 Å². The summed E-state index contributed by atoms with van der Waals surface area (Å²) in [5, 5.41) is 11.7. The molecule has 1 fully saturated rings. The van der Waals surface area contributed by atoms with E-state index in [1.165, 1.54) is 68.7 Å². The molecule has 186 valence electrons. The number of halogens is 3. The first-order chi connectivity index (χ1) is 17.2. The van der Waals surface area contributed by atoms with Crippen LogP contribution < -0.4 is 19.1 Å². The molecule has 7 nitrogen and oxygen atoms in total. The molecule has 0 spiro atoms. The van der Waals surface area contributed by atoms with Crippen LogP contribution in [0.5, 0.6) is 17.2 Å². The Balaban J connectivity index is 1.98. The lowest BCUT2D eigenvalue weighted by atomic mass is 9.94. The van der Waals surface area contributed by atoms with Crippen molar-refractivity contribution in [1.29, 1.82) is 0 Å². The molecule has 0 aliphatic carbocycles. The van der Waals surface area contributed by atoms with Crippen LogP contribution in [0.4, 0.5) is 10.1 Å². The Morgan fingerprint density at radius 1 is 0.861 bits per heavy atom. The van der Waals surface area contributed by atoms with Crippen LogP contribution in [0.3, 0.4) is 0 Å². The summed E-state index contributed by atoms with van der Waals surface area (Å²) in [6.45, 7) is 0.